The number of rotatable bonds is 6. The van der Waals surface area contributed by atoms with Gasteiger partial charge in [0.05, 0.1) is 21.1 Å². The van der Waals surface area contributed by atoms with Crippen LogP contribution in [0.2, 0.25) is 0 Å². The molecular weight excluding hydrogens is 468 g/mol. The molecule has 1 amide bonds. The third-order valence-electron chi connectivity index (χ3n) is 5.60. The summed E-state index contributed by atoms with van der Waals surface area (Å²) >= 11 is 0. The first-order valence-electron chi connectivity index (χ1n) is 10.7. The molecule has 2 aliphatic heterocycles. The van der Waals surface area contributed by atoms with E-state index in [1.54, 1.807) is 25.1 Å². The van der Waals surface area contributed by atoms with Gasteiger partial charge in [-0.05, 0) is 30.7 Å². The van der Waals surface area contributed by atoms with Gasteiger partial charge < -0.3 is 14.4 Å². The smallest absolute Gasteiger partial charge is 0.255 e. The molecule has 11 heteroatoms. The number of sulfonamides is 1. The van der Waals surface area contributed by atoms with Crippen molar-refractivity contribution in [3.05, 3.63) is 48.0 Å². The van der Waals surface area contributed by atoms with Gasteiger partial charge in [0.1, 0.15) is 13.2 Å². The van der Waals surface area contributed by atoms with Gasteiger partial charge in [-0.3, -0.25) is 4.79 Å². The number of hydrogen-bond acceptors (Lipinski definition) is 7. The summed E-state index contributed by atoms with van der Waals surface area (Å²) in [6.45, 7) is 3.06. The molecule has 0 aromatic heterocycles. The highest BCUT2D eigenvalue weighted by molar-refractivity contribution is 7.91. The zero-order valence-electron chi connectivity index (χ0n) is 18.3. The van der Waals surface area contributed by atoms with Gasteiger partial charge in [0, 0.05) is 32.2 Å². The van der Waals surface area contributed by atoms with Crippen LogP contribution in [0.1, 0.15) is 23.7 Å². The van der Waals surface area contributed by atoms with Gasteiger partial charge in [-0.15, -0.1) is 0 Å². The molecule has 2 aromatic carbocycles. The topological polar surface area (TPSA) is 110 Å². The number of ether oxygens (including phenoxy) is 2. The van der Waals surface area contributed by atoms with Crippen molar-refractivity contribution in [1.29, 1.82) is 0 Å². The van der Waals surface area contributed by atoms with Crippen molar-refractivity contribution in [2.24, 2.45) is 0 Å². The van der Waals surface area contributed by atoms with E-state index in [1.807, 2.05) is 0 Å². The molecule has 0 atom stereocenters. The summed E-state index contributed by atoms with van der Waals surface area (Å²) in [6.07, 6.45) is 0.446. The Bertz CT molecular complexity index is 1250. The summed E-state index contributed by atoms with van der Waals surface area (Å²) in [5.41, 5.74) is 0.120. The number of hydrogen-bond donors (Lipinski definition) is 0. The Balaban J connectivity index is 1.49. The highest BCUT2D eigenvalue weighted by Gasteiger charge is 2.33. The number of amides is 1. The standard InChI is InChI=1S/C22H26N2O7S2/c1-2-15-32(26,27)21-6-4-3-5-18(21)22(25)23-9-11-24(12-10-23)33(28,29)17-7-8-19-20(16-17)31-14-13-30-19/h3-8,16H,2,9-15H2,1H3. The lowest BCUT2D eigenvalue weighted by Gasteiger charge is -2.34. The van der Waals surface area contributed by atoms with Crippen LogP contribution >= 0.6 is 0 Å². The van der Waals surface area contributed by atoms with E-state index in [0.29, 0.717) is 31.1 Å². The van der Waals surface area contributed by atoms with Crippen LogP contribution in [0.4, 0.5) is 0 Å². The first-order chi connectivity index (χ1) is 15.7. The summed E-state index contributed by atoms with van der Waals surface area (Å²) in [6, 6.07) is 10.7. The summed E-state index contributed by atoms with van der Waals surface area (Å²) in [5, 5.41) is 0. The fourth-order valence-corrected chi connectivity index (χ4v) is 6.90. The lowest BCUT2D eigenvalue weighted by Crippen LogP contribution is -2.50. The van der Waals surface area contributed by atoms with Gasteiger partial charge >= 0.3 is 0 Å². The largest absolute Gasteiger partial charge is 0.486 e. The Morgan fingerprint density at radius 3 is 2.27 bits per heavy atom. The molecule has 0 spiro atoms. The van der Waals surface area contributed by atoms with Crippen molar-refractivity contribution in [2.75, 3.05) is 45.1 Å². The van der Waals surface area contributed by atoms with E-state index in [1.165, 1.54) is 33.5 Å². The number of fused-ring (bicyclic) bond motifs is 1. The number of piperazine rings is 1. The average Bonchev–Trinajstić information content (AvgIpc) is 2.83. The molecule has 2 heterocycles. The second-order valence-electron chi connectivity index (χ2n) is 7.82. The van der Waals surface area contributed by atoms with Crippen molar-refractivity contribution < 1.29 is 31.1 Å². The third kappa shape index (κ3) is 4.71. The minimum absolute atomic E-state index is 0.0168. The highest BCUT2D eigenvalue weighted by Crippen LogP contribution is 2.33. The quantitative estimate of drug-likeness (QED) is 0.602. The van der Waals surface area contributed by atoms with E-state index >= 15 is 0 Å². The SMILES string of the molecule is CCCS(=O)(=O)c1ccccc1C(=O)N1CCN(S(=O)(=O)c2ccc3c(c2)OCCO3)CC1. The van der Waals surface area contributed by atoms with Gasteiger partial charge in [0.2, 0.25) is 10.0 Å². The Hall–Kier alpha value is -2.63. The molecule has 0 aliphatic carbocycles. The maximum Gasteiger partial charge on any atom is 0.255 e. The van der Waals surface area contributed by atoms with Crippen LogP contribution in [0.5, 0.6) is 11.5 Å². The molecule has 0 saturated carbocycles. The summed E-state index contributed by atoms with van der Waals surface area (Å²) in [7, 11) is -7.36. The molecule has 178 valence electrons. The fourth-order valence-electron chi connectivity index (χ4n) is 3.93. The van der Waals surface area contributed by atoms with E-state index in [4.69, 9.17) is 9.47 Å². The van der Waals surface area contributed by atoms with E-state index in [-0.39, 0.29) is 47.3 Å². The zero-order valence-corrected chi connectivity index (χ0v) is 19.9. The molecule has 0 unspecified atom stereocenters. The van der Waals surface area contributed by atoms with Crippen LogP contribution in [0, 0.1) is 0 Å². The Morgan fingerprint density at radius 2 is 1.58 bits per heavy atom. The van der Waals surface area contributed by atoms with Gasteiger partial charge in [-0.25, -0.2) is 16.8 Å². The van der Waals surface area contributed by atoms with Crippen LogP contribution in [0.15, 0.2) is 52.3 Å². The molecule has 4 rings (SSSR count). The normalized spacial score (nSPS) is 17.1. The Labute approximate surface area is 193 Å². The first-order valence-corrected chi connectivity index (χ1v) is 13.8. The molecular formula is C22H26N2O7S2. The van der Waals surface area contributed by atoms with Crippen LogP contribution in [0.3, 0.4) is 0 Å². The molecule has 0 N–H and O–H groups in total. The average molecular weight is 495 g/mol. The van der Waals surface area contributed by atoms with Crippen molar-refractivity contribution in [3.8, 4) is 11.5 Å². The maximum absolute atomic E-state index is 13.1. The molecule has 1 saturated heterocycles. The monoisotopic (exact) mass is 494 g/mol. The van der Waals surface area contributed by atoms with Crippen molar-refractivity contribution in [1.82, 2.24) is 9.21 Å². The lowest BCUT2D eigenvalue weighted by atomic mass is 10.2. The van der Waals surface area contributed by atoms with Crippen LogP contribution in [0.25, 0.3) is 0 Å². The summed E-state index contributed by atoms with van der Waals surface area (Å²) < 4.78 is 63.7. The van der Waals surface area contributed by atoms with Gasteiger partial charge in [0.25, 0.3) is 5.91 Å². The number of nitrogens with zero attached hydrogens (tertiary/aromatic N) is 2. The zero-order chi connectivity index (χ0) is 23.6. The molecule has 1 fully saturated rings. The minimum Gasteiger partial charge on any atom is -0.486 e. The lowest BCUT2D eigenvalue weighted by molar-refractivity contribution is 0.0694. The predicted octanol–water partition coefficient (Wildman–Crippen LogP) is 1.79. The molecule has 0 bridgehead atoms. The molecule has 2 aliphatic rings. The van der Waals surface area contributed by atoms with Crippen molar-refractivity contribution in [3.63, 3.8) is 0 Å². The maximum atomic E-state index is 13.1. The van der Waals surface area contributed by atoms with Crippen molar-refractivity contribution >= 4 is 25.8 Å². The van der Waals surface area contributed by atoms with Gasteiger partial charge in [-0.1, -0.05) is 19.1 Å². The van der Waals surface area contributed by atoms with E-state index in [0.717, 1.165) is 0 Å². The van der Waals surface area contributed by atoms with E-state index < -0.39 is 25.8 Å². The number of benzene rings is 2. The minimum atomic E-state index is -3.78. The van der Waals surface area contributed by atoms with Gasteiger partial charge in [0.15, 0.2) is 21.3 Å². The highest BCUT2D eigenvalue weighted by atomic mass is 32.2. The third-order valence-corrected chi connectivity index (χ3v) is 9.47. The predicted molar refractivity (Wildman–Crippen MR) is 121 cm³/mol. The van der Waals surface area contributed by atoms with E-state index in [9.17, 15) is 21.6 Å². The molecule has 9 nitrogen and oxygen atoms in total. The number of carbonyl (C=O) groups excluding carboxylic acids is 1. The number of carbonyl (C=O) groups is 1. The first kappa shape index (κ1) is 23.5. The Morgan fingerprint density at radius 1 is 0.909 bits per heavy atom. The van der Waals surface area contributed by atoms with Crippen LogP contribution in [-0.2, 0) is 19.9 Å². The summed E-state index contributed by atoms with van der Waals surface area (Å²) in [5.74, 6) is 0.439. The summed E-state index contributed by atoms with van der Waals surface area (Å²) in [4.78, 5) is 14.7. The van der Waals surface area contributed by atoms with Crippen LogP contribution in [-0.4, -0.2) is 77.1 Å². The molecule has 0 radical (unpaired) electrons. The van der Waals surface area contributed by atoms with Crippen LogP contribution < -0.4 is 9.47 Å². The van der Waals surface area contributed by atoms with Crippen molar-refractivity contribution in [2.45, 2.75) is 23.1 Å². The van der Waals surface area contributed by atoms with E-state index in [2.05, 4.69) is 0 Å². The fraction of sp³-hybridized carbons (Fsp3) is 0.409. The number of sulfone groups is 1. The second-order valence-corrected chi connectivity index (χ2v) is 11.8. The molecule has 2 aromatic rings. The second kappa shape index (κ2) is 9.32. The molecule has 33 heavy (non-hydrogen) atoms. The van der Waals surface area contributed by atoms with Gasteiger partial charge in [-0.2, -0.15) is 4.31 Å². The Kier molecular flexibility index (Phi) is 6.64.